The summed E-state index contributed by atoms with van der Waals surface area (Å²) in [6.45, 7) is 1.63. The lowest BCUT2D eigenvalue weighted by molar-refractivity contribution is -0.111. The normalized spacial score (nSPS) is 10.8. The van der Waals surface area contributed by atoms with Gasteiger partial charge in [0.2, 0.25) is 5.91 Å². The number of carbonyl (C=O) groups is 2. The third kappa shape index (κ3) is 3.61. The molecule has 5 nitrogen and oxygen atoms in total. The Bertz CT molecular complexity index is 719. The first kappa shape index (κ1) is 15.1. The zero-order chi connectivity index (χ0) is 15.4. The van der Waals surface area contributed by atoms with Crippen molar-refractivity contribution in [3.63, 3.8) is 0 Å². The van der Waals surface area contributed by atoms with Crippen molar-refractivity contribution in [1.29, 1.82) is 0 Å². The molecule has 0 saturated carbocycles. The molecule has 0 aliphatic rings. The summed E-state index contributed by atoms with van der Waals surface area (Å²) in [4.78, 5) is 25.8. The zero-order valence-electron chi connectivity index (χ0n) is 11.2. The van der Waals surface area contributed by atoms with Crippen molar-refractivity contribution in [2.75, 3.05) is 5.32 Å². The quantitative estimate of drug-likeness (QED) is 0.740. The molecule has 0 radical (unpaired) electrons. The van der Waals surface area contributed by atoms with Gasteiger partial charge in [-0.1, -0.05) is 34.1 Å². The van der Waals surface area contributed by atoms with Crippen molar-refractivity contribution in [3.05, 3.63) is 57.8 Å². The molecule has 0 bridgehead atoms. The summed E-state index contributed by atoms with van der Waals surface area (Å²) in [6.07, 6.45) is 4.47. The minimum absolute atomic E-state index is 0.0673. The monoisotopic (exact) mass is 348 g/mol. The van der Waals surface area contributed by atoms with Crippen molar-refractivity contribution in [2.24, 2.45) is 0 Å². The van der Waals surface area contributed by atoms with Gasteiger partial charge in [0.05, 0.1) is 5.69 Å². The highest BCUT2D eigenvalue weighted by Crippen LogP contribution is 2.20. The zero-order valence-corrected chi connectivity index (χ0v) is 12.8. The van der Waals surface area contributed by atoms with E-state index in [1.54, 1.807) is 13.0 Å². The van der Waals surface area contributed by atoms with Crippen molar-refractivity contribution >= 4 is 39.6 Å². The van der Waals surface area contributed by atoms with Crippen LogP contribution in [0.5, 0.6) is 0 Å². The molecule has 1 amide bonds. The average molecular weight is 349 g/mol. The Morgan fingerprint density at radius 3 is 2.71 bits per heavy atom. The summed E-state index contributed by atoms with van der Waals surface area (Å²) >= 11 is 3.38. The van der Waals surface area contributed by atoms with Gasteiger partial charge in [0.1, 0.15) is 5.56 Å². The molecule has 0 atom stereocenters. The van der Waals surface area contributed by atoms with Crippen LogP contribution < -0.4 is 5.32 Å². The van der Waals surface area contributed by atoms with Crippen LogP contribution in [0.25, 0.3) is 6.08 Å². The van der Waals surface area contributed by atoms with Crippen LogP contribution in [0.2, 0.25) is 0 Å². The van der Waals surface area contributed by atoms with E-state index >= 15 is 0 Å². The standard InChI is InChI=1S/C15H13BrN2O3/c1-9-14(15(20)21)12(8-17-9)18-13(19)7-6-10-4-2-3-5-11(10)16/h2-8,17H,1H3,(H,18,19)(H,20,21)/b7-6+. The second-order valence-corrected chi connectivity index (χ2v) is 5.21. The largest absolute Gasteiger partial charge is 0.478 e. The minimum atomic E-state index is -1.08. The number of hydrogen-bond donors (Lipinski definition) is 3. The summed E-state index contributed by atoms with van der Waals surface area (Å²) < 4.78 is 0.873. The van der Waals surface area contributed by atoms with Crippen molar-refractivity contribution in [3.8, 4) is 0 Å². The molecule has 0 spiro atoms. The van der Waals surface area contributed by atoms with Crippen LogP contribution in [0.15, 0.2) is 41.0 Å². The highest BCUT2D eigenvalue weighted by Gasteiger charge is 2.16. The molecular weight excluding hydrogens is 336 g/mol. The number of aromatic amines is 1. The summed E-state index contributed by atoms with van der Waals surface area (Å²) in [7, 11) is 0. The second-order valence-electron chi connectivity index (χ2n) is 4.35. The summed E-state index contributed by atoms with van der Waals surface area (Å²) in [5.74, 6) is -1.48. The molecule has 1 aromatic heterocycles. The number of H-pyrrole nitrogens is 1. The van der Waals surface area contributed by atoms with Gasteiger partial charge in [-0.2, -0.15) is 0 Å². The number of carboxylic acid groups (broad SMARTS) is 1. The van der Waals surface area contributed by atoms with Crippen LogP contribution in [0.4, 0.5) is 5.69 Å². The van der Waals surface area contributed by atoms with Gasteiger partial charge in [-0.3, -0.25) is 4.79 Å². The number of benzene rings is 1. The van der Waals surface area contributed by atoms with Gasteiger partial charge < -0.3 is 15.4 Å². The van der Waals surface area contributed by atoms with E-state index in [4.69, 9.17) is 5.11 Å². The number of carbonyl (C=O) groups excluding carboxylic acids is 1. The SMILES string of the molecule is Cc1[nH]cc(NC(=O)/C=C/c2ccccc2Br)c1C(=O)O. The van der Waals surface area contributed by atoms with Crippen LogP contribution in [-0.2, 0) is 4.79 Å². The van der Waals surface area contributed by atoms with Gasteiger partial charge in [-0.15, -0.1) is 0 Å². The Morgan fingerprint density at radius 1 is 1.33 bits per heavy atom. The fourth-order valence-electron chi connectivity index (χ4n) is 1.85. The topological polar surface area (TPSA) is 82.2 Å². The van der Waals surface area contributed by atoms with E-state index in [-0.39, 0.29) is 11.3 Å². The van der Waals surface area contributed by atoms with Crippen LogP contribution in [0, 0.1) is 6.92 Å². The Hall–Kier alpha value is -2.34. The fraction of sp³-hybridized carbons (Fsp3) is 0.0667. The maximum atomic E-state index is 11.9. The Balaban J connectivity index is 2.13. The molecule has 108 valence electrons. The van der Waals surface area contributed by atoms with Gasteiger partial charge in [0, 0.05) is 22.4 Å². The maximum absolute atomic E-state index is 11.9. The molecule has 0 unspecified atom stereocenters. The first-order chi connectivity index (χ1) is 9.99. The van der Waals surface area contributed by atoms with Crippen molar-refractivity contribution in [2.45, 2.75) is 6.92 Å². The molecular formula is C15H13BrN2O3. The highest BCUT2D eigenvalue weighted by atomic mass is 79.9. The summed E-state index contributed by atoms with van der Waals surface area (Å²) in [5, 5.41) is 11.6. The highest BCUT2D eigenvalue weighted by molar-refractivity contribution is 9.10. The van der Waals surface area contributed by atoms with Crippen LogP contribution in [-0.4, -0.2) is 22.0 Å². The van der Waals surface area contributed by atoms with Crippen LogP contribution >= 0.6 is 15.9 Å². The van der Waals surface area contributed by atoms with Gasteiger partial charge in [0.25, 0.3) is 0 Å². The van der Waals surface area contributed by atoms with E-state index in [9.17, 15) is 9.59 Å². The smallest absolute Gasteiger partial charge is 0.339 e. The molecule has 2 rings (SSSR count). The van der Waals surface area contributed by atoms with Crippen LogP contribution in [0.3, 0.4) is 0 Å². The second kappa shape index (κ2) is 6.41. The maximum Gasteiger partial charge on any atom is 0.339 e. The first-order valence-corrected chi connectivity index (χ1v) is 6.93. The Morgan fingerprint density at radius 2 is 2.05 bits per heavy atom. The summed E-state index contributed by atoms with van der Waals surface area (Å²) in [5.41, 5.74) is 1.67. The van der Waals surface area contributed by atoms with Gasteiger partial charge >= 0.3 is 5.97 Å². The number of carboxylic acids is 1. The van der Waals surface area contributed by atoms with Gasteiger partial charge in [-0.05, 0) is 24.6 Å². The van der Waals surface area contributed by atoms with E-state index in [1.165, 1.54) is 12.3 Å². The number of hydrogen-bond acceptors (Lipinski definition) is 2. The molecule has 6 heteroatoms. The van der Waals surface area contributed by atoms with E-state index in [2.05, 4.69) is 26.2 Å². The molecule has 3 N–H and O–H groups in total. The lowest BCUT2D eigenvalue weighted by Gasteiger charge is -2.02. The van der Waals surface area contributed by atoms with E-state index < -0.39 is 11.9 Å². The predicted molar refractivity (Wildman–Crippen MR) is 84.3 cm³/mol. The lowest BCUT2D eigenvalue weighted by atomic mass is 10.2. The number of anilines is 1. The van der Waals surface area contributed by atoms with Crippen molar-refractivity contribution in [1.82, 2.24) is 4.98 Å². The van der Waals surface area contributed by atoms with E-state index in [0.29, 0.717) is 5.69 Å². The Kier molecular flexibility index (Phi) is 4.59. The lowest BCUT2D eigenvalue weighted by Crippen LogP contribution is -2.10. The Labute approximate surface area is 129 Å². The molecule has 1 heterocycles. The molecule has 0 aliphatic carbocycles. The number of aromatic carboxylic acids is 1. The third-order valence-electron chi connectivity index (χ3n) is 2.87. The van der Waals surface area contributed by atoms with Crippen LogP contribution in [0.1, 0.15) is 21.6 Å². The van der Waals surface area contributed by atoms with Gasteiger partial charge in [0.15, 0.2) is 0 Å². The molecule has 0 saturated heterocycles. The molecule has 0 fully saturated rings. The molecule has 1 aromatic carbocycles. The minimum Gasteiger partial charge on any atom is -0.478 e. The average Bonchev–Trinajstić information content (AvgIpc) is 2.79. The summed E-state index contributed by atoms with van der Waals surface area (Å²) in [6, 6.07) is 7.47. The number of rotatable bonds is 4. The molecule has 2 aromatic rings. The molecule has 21 heavy (non-hydrogen) atoms. The first-order valence-electron chi connectivity index (χ1n) is 6.14. The third-order valence-corrected chi connectivity index (χ3v) is 3.59. The predicted octanol–water partition coefficient (Wildman–Crippen LogP) is 3.44. The van der Waals surface area contributed by atoms with E-state index in [1.807, 2.05) is 24.3 Å². The number of aryl methyl sites for hydroxylation is 1. The fourth-order valence-corrected chi connectivity index (χ4v) is 2.27. The number of amides is 1. The number of nitrogens with one attached hydrogen (secondary N) is 2. The van der Waals surface area contributed by atoms with Crippen molar-refractivity contribution < 1.29 is 14.7 Å². The number of halogens is 1. The van der Waals surface area contributed by atoms with Gasteiger partial charge in [-0.25, -0.2) is 4.79 Å². The van der Waals surface area contributed by atoms with E-state index in [0.717, 1.165) is 10.0 Å². The number of aromatic nitrogens is 1. The molecule has 0 aliphatic heterocycles.